The van der Waals surface area contributed by atoms with Crippen molar-refractivity contribution < 1.29 is 9.84 Å². The molecule has 0 aromatic carbocycles. The number of hydrogen-bond donors (Lipinski definition) is 1. The van der Waals surface area contributed by atoms with Crippen LogP contribution in [0, 0.1) is 0 Å². The van der Waals surface area contributed by atoms with E-state index in [2.05, 4.69) is 39.8 Å². The Hall–Kier alpha value is -0.860. The zero-order valence-electron chi connectivity index (χ0n) is 15.0. The first-order chi connectivity index (χ1) is 9.97. The van der Waals surface area contributed by atoms with Crippen molar-refractivity contribution >= 4 is 0 Å². The van der Waals surface area contributed by atoms with Crippen LogP contribution in [0.3, 0.4) is 0 Å². The van der Waals surface area contributed by atoms with E-state index in [9.17, 15) is 0 Å². The minimum Gasteiger partial charge on any atom is -0.392 e. The molecule has 0 unspecified atom stereocenters. The first kappa shape index (κ1) is 22.4. The van der Waals surface area contributed by atoms with Gasteiger partial charge in [0.1, 0.15) is 0 Å². The fourth-order valence-electron chi connectivity index (χ4n) is 1.70. The maximum Gasteiger partial charge on any atom is 0.0614 e. The molecule has 2 nitrogen and oxygen atoms in total. The Bertz CT molecular complexity index is 306. The molecule has 21 heavy (non-hydrogen) atoms. The van der Waals surface area contributed by atoms with Crippen molar-refractivity contribution in [3.05, 3.63) is 34.9 Å². The molecule has 0 heterocycles. The highest BCUT2D eigenvalue weighted by Crippen LogP contribution is 2.10. The Morgan fingerprint density at radius 2 is 1.29 bits per heavy atom. The van der Waals surface area contributed by atoms with Gasteiger partial charge in [-0.25, -0.2) is 0 Å². The third-order valence-electron chi connectivity index (χ3n) is 2.97. The van der Waals surface area contributed by atoms with Gasteiger partial charge in [0, 0.05) is 13.2 Å². The van der Waals surface area contributed by atoms with E-state index in [1.54, 1.807) is 0 Å². The van der Waals surface area contributed by atoms with Gasteiger partial charge in [-0.3, -0.25) is 0 Å². The fourth-order valence-corrected chi connectivity index (χ4v) is 1.70. The predicted octanol–water partition coefficient (Wildman–Crippen LogP) is 5.44. The molecule has 2 heteroatoms. The lowest BCUT2D eigenvalue weighted by Crippen LogP contribution is -1.84. The molecule has 0 aliphatic carbocycles. The van der Waals surface area contributed by atoms with Crippen LogP contribution in [-0.2, 0) is 4.74 Å². The van der Waals surface area contributed by atoms with Crippen LogP contribution >= 0.6 is 0 Å². The average molecular weight is 296 g/mol. The summed E-state index contributed by atoms with van der Waals surface area (Å²) in [6.07, 6.45) is 10.9. The monoisotopic (exact) mass is 296 g/mol. The number of ether oxygens (including phenoxy) is 1. The molecule has 0 aromatic rings. The normalized spacial score (nSPS) is 11.8. The molecule has 0 saturated carbocycles. The maximum absolute atomic E-state index is 8.72. The Morgan fingerprint density at radius 1 is 0.810 bits per heavy atom. The van der Waals surface area contributed by atoms with Gasteiger partial charge in [-0.1, -0.05) is 34.9 Å². The second-order valence-corrected chi connectivity index (χ2v) is 5.42. The Balaban J connectivity index is 0. The fraction of sp³-hybridized carbons (Fsp3) is 0.684. The van der Waals surface area contributed by atoms with Crippen molar-refractivity contribution in [2.24, 2.45) is 0 Å². The number of rotatable bonds is 9. The van der Waals surface area contributed by atoms with Gasteiger partial charge in [-0.05, 0) is 67.2 Å². The first-order valence-corrected chi connectivity index (χ1v) is 8.11. The number of aliphatic hydroxyl groups is 1. The SMILES string of the molecule is CC(C)=CCCC(C)=CCCC(C)=CCO.CCOCC. The summed E-state index contributed by atoms with van der Waals surface area (Å²) in [5.74, 6) is 0. The van der Waals surface area contributed by atoms with Crippen LogP contribution in [-0.4, -0.2) is 24.9 Å². The summed E-state index contributed by atoms with van der Waals surface area (Å²) in [5.41, 5.74) is 4.14. The molecular weight excluding hydrogens is 260 g/mol. The van der Waals surface area contributed by atoms with E-state index in [0.717, 1.165) is 38.9 Å². The van der Waals surface area contributed by atoms with Crippen LogP contribution < -0.4 is 0 Å². The molecule has 0 aromatic heterocycles. The number of hydrogen-bond acceptors (Lipinski definition) is 2. The third kappa shape index (κ3) is 21.6. The lowest BCUT2D eigenvalue weighted by molar-refractivity contribution is 0.162. The van der Waals surface area contributed by atoms with Gasteiger partial charge in [0.2, 0.25) is 0 Å². The van der Waals surface area contributed by atoms with E-state index in [4.69, 9.17) is 9.84 Å². The summed E-state index contributed by atoms with van der Waals surface area (Å²) in [6, 6.07) is 0. The van der Waals surface area contributed by atoms with E-state index in [1.165, 1.54) is 16.7 Å². The van der Waals surface area contributed by atoms with Crippen LogP contribution in [0.15, 0.2) is 34.9 Å². The minimum atomic E-state index is 0.162. The molecular formula is C19H36O2. The summed E-state index contributed by atoms with van der Waals surface area (Å²) in [6.45, 7) is 14.4. The van der Waals surface area contributed by atoms with Crippen molar-refractivity contribution in [2.45, 2.75) is 67.2 Å². The van der Waals surface area contributed by atoms with E-state index in [0.29, 0.717) is 0 Å². The highest BCUT2D eigenvalue weighted by Gasteiger charge is 1.91. The van der Waals surface area contributed by atoms with Crippen LogP contribution in [0.1, 0.15) is 67.2 Å². The molecule has 0 bridgehead atoms. The van der Waals surface area contributed by atoms with Gasteiger partial charge in [-0.15, -0.1) is 0 Å². The lowest BCUT2D eigenvalue weighted by atomic mass is 10.1. The summed E-state index contributed by atoms with van der Waals surface area (Å²) >= 11 is 0. The van der Waals surface area contributed by atoms with Crippen molar-refractivity contribution in [3.63, 3.8) is 0 Å². The summed E-state index contributed by atoms with van der Waals surface area (Å²) in [5, 5.41) is 8.72. The van der Waals surface area contributed by atoms with Gasteiger partial charge in [0.05, 0.1) is 6.61 Å². The van der Waals surface area contributed by atoms with Gasteiger partial charge in [-0.2, -0.15) is 0 Å². The smallest absolute Gasteiger partial charge is 0.0614 e. The van der Waals surface area contributed by atoms with Gasteiger partial charge in [0.25, 0.3) is 0 Å². The Labute approximate surface area is 132 Å². The van der Waals surface area contributed by atoms with E-state index < -0.39 is 0 Å². The van der Waals surface area contributed by atoms with Crippen LogP contribution in [0.5, 0.6) is 0 Å². The largest absolute Gasteiger partial charge is 0.392 e. The summed E-state index contributed by atoms with van der Waals surface area (Å²) in [4.78, 5) is 0. The molecule has 1 N–H and O–H groups in total. The molecule has 0 spiro atoms. The standard InChI is InChI=1S/C15H26O.C4H10O/c1-13(2)7-5-8-14(3)9-6-10-15(4)11-12-16;1-3-5-4-2/h7,9,11,16H,5-6,8,10,12H2,1-4H3;3-4H2,1-2H3. The first-order valence-electron chi connectivity index (χ1n) is 8.11. The zero-order valence-corrected chi connectivity index (χ0v) is 15.0. The minimum absolute atomic E-state index is 0.162. The molecule has 0 radical (unpaired) electrons. The van der Waals surface area contributed by atoms with Gasteiger partial charge < -0.3 is 9.84 Å². The predicted molar refractivity (Wildman–Crippen MR) is 94.7 cm³/mol. The van der Waals surface area contributed by atoms with E-state index in [-0.39, 0.29) is 6.61 Å². The van der Waals surface area contributed by atoms with Crippen LogP contribution in [0.2, 0.25) is 0 Å². The van der Waals surface area contributed by atoms with Gasteiger partial charge >= 0.3 is 0 Å². The lowest BCUT2D eigenvalue weighted by Gasteiger charge is -2.00. The van der Waals surface area contributed by atoms with Crippen molar-refractivity contribution in [2.75, 3.05) is 19.8 Å². The quantitative estimate of drug-likeness (QED) is 0.574. The highest BCUT2D eigenvalue weighted by atomic mass is 16.5. The second-order valence-electron chi connectivity index (χ2n) is 5.42. The number of allylic oxidation sites excluding steroid dienone is 5. The number of aliphatic hydroxyl groups excluding tert-OH is 1. The highest BCUT2D eigenvalue weighted by molar-refractivity contribution is 5.05. The molecule has 0 fully saturated rings. The van der Waals surface area contributed by atoms with Gasteiger partial charge in [0.15, 0.2) is 0 Å². The molecule has 0 aliphatic heterocycles. The topological polar surface area (TPSA) is 29.5 Å². The summed E-state index contributed by atoms with van der Waals surface area (Å²) in [7, 11) is 0. The Kier molecular flexibility index (Phi) is 18.4. The van der Waals surface area contributed by atoms with E-state index >= 15 is 0 Å². The third-order valence-corrected chi connectivity index (χ3v) is 2.97. The second kappa shape index (κ2) is 17.2. The molecule has 0 rings (SSSR count). The average Bonchev–Trinajstić information content (AvgIpc) is 2.40. The molecule has 0 aliphatic rings. The molecule has 0 saturated heterocycles. The summed E-state index contributed by atoms with van der Waals surface area (Å²) < 4.78 is 4.83. The molecule has 0 atom stereocenters. The maximum atomic E-state index is 8.72. The van der Waals surface area contributed by atoms with Crippen molar-refractivity contribution in [1.29, 1.82) is 0 Å². The van der Waals surface area contributed by atoms with Crippen LogP contribution in [0.4, 0.5) is 0 Å². The van der Waals surface area contributed by atoms with Crippen molar-refractivity contribution in [1.82, 2.24) is 0 Å². The van der Waals surface area contributed by atoms with Crippen LogP contribution in [0.25, 0.3) is 0 Å². The molecule has 0 amide bonds. The zero-order chi connectivity index (χ0) is 16.5. The molecule has 124 valence electrons. The van der Waals surface area contributed by atoms with E-state index in [1.807, 2.05) is 19.9 Å². The Morgan fingerprint density at radius 3 is 1.67 bits per heavy atom. The van der Waals surface area contributed by atoms with Crippen molar-refractivity contribution in [3.8, 4) is 0 Å².